The Labute approximate surface area is 227 Å². The first-order valence-electron chi connectivity index (χ1n) is 12.4. The molecule has 1 unspecified atom stereocenters. The number of likely N-dealkylation sites (N-methyl/N-ethyl adjacent to an activating group) is 1. The van der Waals surface area contributed by atoms with E-state index in [9.17, 15) is 27.9 Å². The number of carbonyl (C=O) groups excluding carboxylic acids is 2. The van der Waals surface area contributed by atoms with Crippen molar-refractivity contribution in [1.29, 1.82) is 0 Å². The summed E-state index contributed by atoms with van der Waals surface area (Å²) in [6.45, 7) is 1.73. The van der Waals surface area contributed by atoms with Crippen molar-refractivity contribution in [2.24, 2.45) is 7.05 Å². The highest BCUT2D eigenvalue weighted by Crippen LogP contribution is 2.47. The molecular formula is C29H25F3N4O4. The van der Waals surface area contributed by atoms with Crippen molar-refractivity contribution >= 4 is 28.9 Å². The molecule has 1 N–H and O–H groups in total. The van der Waals surface area contributed by atoms with Gasteiger partial charge in [0.2, 0.25) is 11.8 Å². The summed E-state index contributed by atoms with van der Waals surface area (Å²) in [6.07, 6.45) is -1.41. The Morgan fingerprint density at radius 3 is 2.33 bits per heavy atom. The lowest BCUT2D eigenvalue weighted by atomic mass is 9.91. The van der Waals surface area contributed by atoms with Gasteiger partial charge in [-0.15, -0.1) is 0 Å². The van der Waals surface area contributed by atoms with E-state index in [-0.39, 0.29) is 40.7 Å². The van der Waals surface area contributed by atoms with E-state index >= 15 is 0 Å². The predicted molar refractivity (Wildman–Crippen MR) is 143 cm³/mol. The molecule has 2 heterocycles. The van der Waals surface area contributed by atoms with Gasteiger partial charge in [0.25, 0.3) is 0 Å². The molecule has 1 aliphatic rings. The molecule has 1 atom stereocenters. The number of halogens is 3. The van der Waals surface area contributed by atoms with Crippen molar-refractivity contribution < 1.29 is 32.6 Å². The maximum absolute atomic E-state index is 14.3. The van der Waals surface area contributed by atoms with E-state index in [0.29, 0.717) is 11.1 Å². The summed E-state index contributed by atoms with van der Waals surface area (Å²) in [7, 11) is 3.14. The molecule has 5 rings (SSSR count). The minimum atomic E-state index is -4.68. The van der Waals surface area contributed by atoms with E-state index in [4.69, 9.17) is 4.74 Å². The molecular weight excluding hydrogens is 525 g/mol. The molecule has 1 aliphatic heterocycles. The van der Waals surface area contributed by atoms with Crippen LogP contribution in [0.4, 0.5) is 30.2 Å². The van der Waals surface area contributed by atoms with Gasteiger partial charge in [0.1, 0.15) is 17.4 Å². The summed E-state index contributed by atoms with van der Waals surface area (Å²) in [6, 6.07) is 13.9. The van der Waals surface area contributed by atoms with Crippen molar-refractivity contribution in [3.05, 3.63) is 84.2 Å². The van der Waals surface area contributed by atoms with Gasteiger partial charge in [0.05, 0.1) is 30.2 Å². The Morgan fingerprint density at radius 1 is 1.00 bits per heavy atom. The van der Waals surface area contributed by atoms with Crippen molar-refractivity contribution in [2.75, 3.05) is 23.5 Å². The lowest BCUT2D eigenvalue weighted by Crippen LogP contribution is -2.39. The Kier molecular flexibility index (Phi) is 6.74. The molecule has 0 saturated carbocycles. The van der Waals surface area contributed by atoms with E-state index in [1.165, 1.54) is 30.2 Å². The van der Waals surface area contributed by atoms with E-state index in [1.807, 2.05) is 0 Å². The Morgan fingerprint density at radius 2 is 1.73 bits per heavy atom. The highest BCUT2D eigenvalue weighted by Gasteiger charge is 2.44. The van der Waals surface area contributed by atoms with Crippen LogP contribution in [0.25, 0.3) is 11.1 Å². The summed E-state index contributed by atoms with van der Waals surface area (Å²) in [5.74, 6) is -3.17. The topological polar surface area (TPSA) is 87.9 Å². The zero-order valence-corrected chi connectivity index (χ0v) is 21.8. The molecule has 0 saturated heterocycles. The van der Waals surface area contributed by atoms with Crippen LogP contribution in [0.3, 0.4) is 0 Å². The normalized spacial score (nSPS) is 15.7. The first kappa shape index (κ1) is 26.8. The van der Waals surface area contributed by atoms with Gasteiger partial charge in [0.15, 0.2) is 0 Å². The summed E-state index contributed by atoms with van der Waals surface area (Å²) in [5.41, 5.74) is 0.416. The number of alkyl halides is 3. The Balaban J connectivity index is 1.77. The number of hydrogen-bond acceptors (Lipinski definition) is 5. The van der Waals surface area contributed by atoms with E-state index < -0.39 is 29.5 Å². The number of aromatic nitrogens is 2. The number of hydrogen-bond donors (Lipinski definition) is 1. The number of benzene rings is 3. The van der Waals surface area contributed by atoms with Crippen LogP contribution >= 0.6 is 0 Å². The fourth-order valence-electron chi connectivity index (χ4n) is 4.94. The molecule has 1 aromatic heterocycles. The molecule has 0 radical (unpaired) electrons. The van der Waals surface area contributed by atoms with Crippen molar-refractivity contribution in [1.82, 2.24) is 9.78 Å². The van der Waals surface area contributed by atoms with Crippen molar-refractivity contribution in [2.45, 2.75) is 19.0 Å². The minimum Gasteiger partial charge on any atom is -0.507 e. The minimum absolute atomic E-state index is 0.0158. The average Bonchev–Trinajstić information content (AvgIpc) is 3.33. The molecule has 8 nitrogen and oxygen atoms in total. The Bertz CT molecular complexity index is 1600. The van der Waals surface area contributed by atoms with Crippen LogP contribution in [0.15, 0.2) is 73.1 Å². The smallest absolute Gasteiger partial charge is 0.416 e. The molecule has 0 aliphatic carbocycles. The van der Waals surface area contributed by atoms with E-state index in [1.54, 1.807) is 61.4 Å². The third kappa shape index (κ3) is 4.53. The second-order valence-electron chi connectivity index (χ2n) is 9.24. The number of para-hydroxylation sites is 1. The first-order chi connectivity index (χ1) is 19.0. The van der Waals surface area contributed by atoms with Crippen LogP contribution in [0.1, 0.15) is 24.0 Å². The van der Waals surface area contributed by atoms with Crippen LogP contribution in [-0.2, 0) is 22.8 Å². The van der Waals surface area contributed by atoms with Crippen LogP contribution in [0, 0.1) is 0 Å². The van der Waals surface area contributed by atoms with Gasteiger partial charge < -0.3 is 14.7 Å². The quantitative estimate of drug-likeness (QED) is 0.325. The highest BCUT2D eigenvalue weighted by molar-refractivity contribution is 6.23. The lowest BCUT2D eigenvalue weighted by molar-refractivity contribution is -0.137. The number of rotatable bonds is 5. The summed E-state index contributed by atoms with van der Waals surface area (Å²) >= 11 is 0. The highest BCUT2D eigenvalue weighted by atomic mass is 19.4. The van der Waals surface area contributed by atoms with Gasteiger partial charge in [-0.25, -0.2) is 0 Å². The average molecular weight is 551 g/mol. The molecule has 3 aromatic carbocycles. The number of anilines is 3. The first-order valence-corrected chi connectivity index (χ1v) is 12.4. The van der Waals surface area contributed by atoms with Crippen LogP contribution < -0.4 is 14.5 Å². The Hall–Kier alpha value is -4.80. The molecule has 0 spiro atoms. The number of fused-ring (bicyclic) bond motifs is 1. The van der Waals surface area contributed by atoms with Gasteiger partial charge in [0, 0.05) is 48.2 Å². The number of nitrogens with zero attached hydrogens (tertiary/aromatic N) is 4. The molecule has 2 amide bonds. The van der Waals surface area contributed by atoms with Gasteiger partial charge in [-0.05, 0) is 43.3 Å². The van der Waals surface area contributed by atoms with Gasteiger partial charge in [-0.3, -0.25) is 19.2 Å². The third-order valence-corrected chi connectivity index (χ3v) is 6.82. The fraction of sp³-hybridized carbons (Fsp3) is 0.207. The van der Waals surface area contributed by atoms with Crippen LogP contribution in [0.2, 0.25) is 0 Å². The predicted octanol–water partition coefficient (Wildman–Crippen LogP) is 5.64. The van der Waals surface area contributed by atoms with Crippen LogP contribution in [0.5, 0.6) is 11.5 Å². The second kappa shape index (κ2) is 10.1. The number of methoxy groups -OCH3 is 1. The lowest BCUT2D eigenvalue weighted by Gasteiger charge is -2.26. The number of amides is 2. The van der Waals surface area contributed by atoms with Gasteiger partial charge in [-0.1, -0.05) is 18.2 Å². The second-order valence-corrected chi connectivity index (χ2v) is 9.24. The molecule has 4 aromatic rings. The number of carbonyl (C=O) groups is 2. The van der Waals surface area contributed by atoms with E-state index in [2.05, 4.69) is 5.10 Å². The molecule has 40 heavy (non-hydrogen) atoms. The summed E-state index contributed by atoms with van der Waals surface area (Å²) in [4.78, 5) is 30.8. The summed E-state index contributed by atoms with van der Waals surface area (Å²) < 4.78 is 48.3. The van der Waals surface area contributed by atoms with Gasteiger partial charge >= 0.3 is 6.18 Å². The zero-order valence-electron chi connectivity index (χ0n) is 21.8. The third-order valence-electron chi connectivity index (χ3n) is 6.82. The van der Waals surface area contributed by atoms with Crippen LogP contribution in [-0.4, -0.2) is 40.4 Å². The number of phenolic OH excluding ortho intramolecular Hbond substituents is 1. The number of ether oxygens (including phenoxy) is 1. The fourth-order valence-corrected chi connectivity index (χ4v) is 4.94. The molecule has 11 heteroatoms. The number of aryl methyl sites for hydroxylation is 1. The molecule has 0 fully saturated rings. The monoisotopic (exact) mass is 550 g/mol. The number of aromatic hydroxyl groups is 1. The number of phenols is 1. The van der Waals surface area contributed by atoms with E-state index in [0.717, 1.165) is 17.0 Å². The van der Waals surface area contributed by atoms with Crippen molar-refractivity contribution in [3.8, 4) is 22.6 Å². The van der Waals surface area contributed by atoms with Gasteiger partial charge in [-0.2, -0.15) is 18.3 Å². The maximum Gasteiger partial charge on any atom is 0.416 e. The molecule has 206 valence electrons. The SMILES string of the molecule is CCN1C(=O)C(c2cc(-c3cnn(C)c3)c(OC)cc2O)C(=O)N(c2ccccc2)c2cc(C(F)(F)F)ccc21. The largest absolute Gasteiger partial charge is 0.507 e. The standard InChI is InChI=1S/C29H25F3N4O4/c1-4-35-22-11-10-18(29(30,31)32)12-23(22)36(19-8-6-5-7-9-19)28(39)26(27(35)38)21-13-20(17-15-33-34(2)16-17)25(40-3)14-24(21)37/h5-16,26,37H,4H2,1-3H3. The molecule has 0 bridgehead atoms. The maximum atomic E-state index is 14.3. The summed E-state index contributed by atoms with van der Waals surface area (Å²) in [5, 5.41) is 15.2. The van der Waals surface area contributed by atoms with Crippen molar-refractivity contribution in [3.63, 3.8) is 0 Å². The zero-order chi connectivity index (χ0) is 28.8.